The molecule has 0 atom stereocenters. The summed E-state index contributed by atoms with van der Waals surface area (Å²) in [5.74, 6) is -0.0935. The van der Waals surface area contributed by atoms with Gasteiger partial charge >= 0.3 is 0 Å². The minimum atomic E-state index is -0.0935. The van der Waals surface area contributed by atoms with Gasteiger partial charge < -0.3 is 10.2 Å². The molecule has 1 aromatic rings. The smallest absolute Gasteiger partial charge is 0.129 e. The van der Waals surface area contributed by atoms with Gasteiger partial charge in [0, 0.05) is 30.4 Å². The third-order valence-corrected chi connectivity index (χ3v) is 3.50. The average molecular weight is 250 g/mol. The normalized spacial score (nSPS) is 14.8. The lowest BCUT2D eigenvalue weighted by Crippen LogP contribution is -2.28. The van der Waals surface area contributed by atoms with Crippen LogP contribution in [0.25, 0.3) is 0 Å². The van der Waals surface area contributed by atoms with E-state index in [1.807, 2.05) is 13.1 Å². The van der Waals surface area contributed by atoms with E-state index in [4.69, 9.17) is 0 Å². The Morgan fingerprint density at radius 2 is 2.17 bits per heavy atom. The summed E-state index contributed by atoms with van der Waals surface area (Å²) in [6, 6.07) is 6.07. The molecule has 0 spiro atoms. The van der Waals surface area contributed by atoms with Gasteiger partial charge in [-0.25, -0.2) is 4.39 Å². The highest BCUT2D eigenvalue weighted by molar-refractivity contribution is 5.56. The number of unbranched alkanes of at least 4 members (excludes halogenated alkanes) is 1. The Labute approximate surface area is 109 Å². The van der Waals surface area contributed by atoms with Gasteiger partial charge in [-0.15, -0.1) is 0 Å². The van der Waals surface area contributed by atoms with E-state index in [9.17, 15) is 4.39 Å². The van der Waals surface area contributed by atoms with Crippen molar-refractivity contribution in [2.45, 2.75) is 45.2 Å². The lowest BCUT2D eigenvalue weighted by molar-refractivity contribution is 0.597. The van der Waals surface area contributed by atoms with Gasteiger partial charge in [0.15, 0.2) is 0 Å². The summed E-state index contributed by atoms with van der Waals surface area (Å²) in [5.41, 5.74) is 1.89. The minimum absolute atomic E-state index is 0.0935. The van der Waals surface area contributed by atoms with Crippen LogP contribution in [0.3, 0.4) is 0 Å². The van der Waals surface area contributed by atoms with Crippen LogP contribution in [0.15, 0.2) is 18.2 Å². The molecule has 1 aliphatic rings. The molecule has 0 unspecified atom stereocenters. The molecule has 1 N–H and O–H groups in total. The monoisotopic (exact) mass is 250 g/mol. The summed E-state index contributed by atoms with van der Waals surface area (Å²) >= 11 is 0. The second-order valence-corrected chi connectivity index (χ2v) is 5.05. The lowest BCUT2D eigenvalue weighted by atomic mass is 10.1. The van der Waals surface area contributed by atoms with Crippen molar-refractivity contribution in [3.63, 3.8) is 0 Å². The Morgan fingerprint density at radius 3 is 2.78 bits per heavy atom. The van der Waals surface area contributed by atoms with Crippen molar-refractivity contribution in [3.05, 3.63) is 29.6 Å². The molecule has 0 amide bonds. The van der Waals surface area contributed by atoms with Crippen molar-refractivity contribution in [3.8, 4) is 0 Å². The molecule has 1 fully saturated rings. The molecule has 0 heterocycles. The van der Waals surface area contributed by atoms with E-state index in [0.717, 1.165) is 17.8 Å². The van der Waals surface area contributed by atoms with Crippen LogP contribution in [0.4, 0.5) is 10.1 Å². The van der Waals surface area contributed by atoms with Crippen molar-refractivity contribution in [1.29, 1.82) is 0 Å². The van der Waals surface area contributed by atoms with E-state index in [1.54, 1.807) is 6.07 Å². The van der Waals surface area contributed by atoms with Crippen LogP contribution in [-0.2, 0) is 6.54 Å². The highest BCUT2D eigenvalue weighted by atomic mass is 19.1. The number of hydrogen-bond acceptors (Lipinski definition) is 2. The second kappa shape index (κ2) is 6.19. The number of nitrogens with zero attached hydrogens (tertiary/aromatic N) is 1. The van der Waals surface area contributed by atoms with Crippen LogP contribution >= 0.6 is 0 Å². The van der Waals surface area contributed by atoms with Crippen LogP contribution < -0.4 is 10.2 Å². The zero-order valence-corrected chi connectivity index (χ0v) is 11.4. The van der Waals surface area contributed by atoms with Gasteiger partial charge in [0.1, 0.15) is 5.82 Å². The van der Waals surface area contributed by atoms with Gasteiger partial charge in [-0.3, -0.25) is 0 Å². The molecule has 0 aromatic heterocycles. The summed E-state index contributed by atoms with van der Waals surface area (Å²) < 4.78 is 13.9. The van der Waals surface area contributed by atoms with Gasteiger partial charge in [-0.1, -0.05) is 19.4 Å². The molecular weight excluding hydrogens is 227 g/mol. The van der Waals surface area contributed by atoms with Crippen LogP contribution in [0.1, 0.15) is 38.2 Å². The van der Waals surface area contributed by atoms with Crippen LogP contribution in [0, 0.1) is 5.82 Å². The average Bonchev–Trinajstić information content (AvgIpc) is 3.18. The fourth-order valence-corrected chi connectivity index (χ4v) is 2.38. The molecule has 0 radical (unpaired) electrons. The zero-order valence-electron chi connectivity index (χ0n) is 11.4. The first-order chi connectivity index (χ1) is 8.77. The Hall–Kier alpha value is -1.09. The van der Waals surface area contributed by atoms with E-state index < -0.39 is 0 Å². The quantitative estimate of drug-likeness (QED) is 0.798. The predicted octanol–water partition coefficient (Wildman–Crippen LogP) is 3.31. The number of benzene rings is 1. The van der Waals surface area contributed by atoms with E-state index >= 15 is 0 Å². The molecule has 100 valence electrons. The highest BCUT2D eigenvalue weighted by Gasteiger charge is 2.30. The van der Waals surface area contributed by atoms with Crippen molar-refractivity contribution in [2.24, 2.45) is 0 Å². The van der Waals surface area contributed by atoms with Crippen LogP contribution in [0.5, 0.6) is 0 Å². The van der Waals surface area contributed by atoms with E-state index in [1.165, 1.54) is 25.7 Å². The van der Waals surface area contributed by atoms with Gasteiger partial charge in [-0.2, -0.15) is 0 Å². The third kappa shape index (κ3) is 3.02. The molecule has 1 aromatic carbocycles. The van der Waals surface area contributed by atoms with Crippen LogP contribution in [-0.4, -0.2) is 19.6 Å². The predicted molar refractivity (Wildman–Crippen MR) is 74.4 cm³/mol. The number of halogens is 1. The topological polar surface area (TPSA) is 15.3 Å². The Bertz CT molecular complexity index is 388. The molecule has 3 heteroatoms. The molecule has 2 rings (SSSR count). The fourth-order valence-electron chi connectivity index (χ4n) is 2.38. The van der Waals surface area contributed by atoms with E-state index in [0.29, 0.717) is 12.6 Å². The van der Waals surface area contributed by atoms with Crippen molar-refractivity contribution >= 4 is 5.69 Å². The zero-order chi connectivity index (χ0) is 13.0. The molecule has 18 heavy (non-hydrogen) atoms. The fraction of sp³-hybridized carbons (Fsp3) is 0.600. The van der Waals surface area contributed by atoms with Crippen molar-refractivity contribution < 1.29 is 4.39 Å². The molecule has 2 nitrogen and oxygen atoms in total. The lowest BCUT2D eigenvalue weighted by Gasteiger charge is -2.27. The number of nitrogens with one attached hydrogen (secondary N) is 1. The number of rotatable bonds is 7. The summed E-state index contributed by atoms with van der Waals surface area (Å²) in [7, 11) is 1.86. The summed E-state index contributed by atoms with van der Waals surface area (Å²) in [5, 5.41) is 3.07. The Morgan fingerprint density at radius 1 is 1.39 bits per heavy atom. The standard InChI is InChI=1S/C15H23FN2/c1-3-4-10-18(12-8-9-12)15-7-5-6-14(16)13(15)11-17-2/h5-7,12,17H,3-4,8-11H2,1-2H3. The summed E-state index contributed by atoms with van der Waals surface area (Å²) in [6.07, 6.45) is 4.85. The molecule has 0 bridgehead atoms. The maximum atomic E-state index is 13.9. The molecule has 1 aliphatic carbocycles. The Kier molecular flexibility index (Phi) is 4.59. The number of hydrogen-bond donors (Lipinski definition) is 1. The van der Waals surface area contributed by atoms with E-state index in [2.05, 4.69) is 23.2 Å². The maximum absolute atomic E-state index is 13.9. The summed E-state index contributed by atoms with van der Waals surface area (Å²) in [6.45, 7) is 3.84. The SMILES string of the molecule is CCCCN(c1cccc(F)c1CNC)C1CC1. The Balaban J connectivity index is 2.25. The highest BCUT2D eigenvalue weighted by Crippen LogP contribution is 2.34. The first-order valence-electron chi connectivity index (χ1n) is 6.96. The van der Waals surface area contributed by atoms with Crippen molar-refractivity contribution in [2.75, 3.05) is 18.5 Å². The summed E-state index contributed by atoms with van der Waals surface area (Å²) in [4.78, 5) is 2.40. The van der Waals surface area contributed by atoms with E-state index in [-0.39, 0.29) is 5.82 Å². The first-order valence-corrected chi connectivity index (χ1v) is 6.96. The molecular formula is C15H23FN2. The molecule has 0 saturated heterocycles. The van der Waals surface area contributed by atoms with Crippen molar-refractivity contribution in [1.82, 2.24) is 5.32 Å². The maximum Gasteiger partial charge on any atom is 0.129 e. The van der Waals surface area contributed by atoms with Gasteiger partial charge in [0.05, 0.1) is 0 Å². The minimum Gasteiger partial charge on any atom is -0.368 e. The van der Waals surface area contributed by atoms with Gasteiger partial charge in [-0.05, 0) is 38.4 Å². The molecule has 1 saturated carbocycles. The largest absolute Gasteiger partial charge is 0.368 e. The van der Waals surface area contributed by atoms with Gasteiger partial charge in [0.25, 0.3) is 0 Å². The number of anilines is 1. The van der Waals surface area contributed by atoms with Gasteiger partial charge in [0.2, 0.25) is 0 Å². The first kappa shape index (κ1) is 13.3. The van der Waals surface area contributed by atoms with Crippen LogP contribution in [0.2, 0.25) is 0 Å². The second-order valence-electron chi connectivity index (χ2n) is 5.05. The molecule has 0 aliphatic heterocycles. The third-order valence-electron chi connectivity index (χ3n) is 3.50.